The third kappa shape index (κ3) is 5.91. The van der Waals surface area contributed by atoms with E-state index in [1.807, 2.05) is 0 Å². The van der Waals surface area contributed by atoms with Crippen LogP contribution in [0.25, 0.3) is 0 Å². The van der Waals surface area contributed by atoms with Crippen LogP contribution in [0.15, 0.2) is 29.2 Å². The zero-order chi connectivity index (χ0) is 20.9. The zero-order valence-corrected chi connectivity index (χ0v) is 16.8. The Morgan fingerprint density at radius 1 is 1.25 bits per heavy atom. The smallest absolute Gasteiger partial charge is 0.324 e. The molecule has 3 N–H and O–H groups in total. The summed E-state index contributed by atoms with van der Waals surface area (Å²) in [7, 11) is -3.94. The molecule has 1 atom stereocenters. The van der Waals surface area contributed by atoms with Crippen molar-refractivity contribution >= 4 is 39.4 Å². The first-order chi connectivity index (χ1) is 13.1. The number of nitrogens with two attached hydrogens (primary N) is 1. The van der Waals surface area contributed by atoms with Gasteiger partial charge in [-0.05, 0) is 44.0 Å². The molecular weight excluding hydrogens is 410 g/mol. The van der Waals surface area contributed by atoms with Gasteiger partial charge in [0, 0.05) is 24.0 Å². The molecule has 1 saturated heterocycles. The summed E-state index contributed by atoms with van der Waals surface area (Å²) in [6.07, 6.45) is 0.929. The first-order valence-electron chi connectivity index (χ1n) is 8.62. The molecule has 1 aliphatic heterocycles. The van der Waals surface area contributed by atoms with Crippen molar-refractivity contribution in [1.82, 2.24) is 9.62 Å². The molecule has 1 unspecified atom stereocenters. The first-order valence-corrected chi connectivity index (χ1v) is 10.5. The number of amides is 2. The lowest BCUT2D eigenvalue weighted by atomic mass is 9.96. The molecule has 2 amide bonds. The summed E-state index contributed by atoms with van der Waals surface area (Å²) in [5.74, 6) is -1.93. The molecule has 0 spiro atoms. The number of ether oxygens (including phenoxy) is 1. The summed E-state index contributed by atoms with van der Waals surface area (Å²) in [6, 6.07) is 4.26. The number of hydrogen-bond acceptors (Lipinski definition) is 6. The average Bonchev–Trinajstić information content (AvgIpc) is 2.65. The lowest BCUT2D eigenvalue weighted by Gasteiger charge is -2.30. The topological polar surface area (TPSA) is 136 Å². The van der Waals surface area contributed by atoms with Gasteiger partial charge in [-0.15, -0.1) is 0 Å². The minimum Gasteiger partial charge on any atom is -0.454 e. The van der Waals surface area contributed by atoms with Crippen molar-refractivity contribution < 1.29 is 27.5 Å². The second-order valence-electron chi connectivity index (χ2n) is 6.46. The molecule has 0 bridgehead atoms. The van der Waals surface area contributed by atoms with Gasteiger partial charge in [0.15, 0.2) is 6.61 Å². The van der Waals surface area contributed by atoms with Crippen LogP contribution in [-0.2, 0) is 29.1 Å². The van der Waals surface area contributed by atoms with E-state index in [4.69, 9.17) is 22.1 Å². The summed E-state index contributed by atoms with van der Waals surface area (Å²) in [5, 5.41) is 0.379. The Morgan fingerprint density at radius 3 is 2.36 bits per heavy atom. The number of sulfonamides is 1. The molecule has 28 heavy (non-hydrogen) atoms. The molecule has 1 aromatic rings. The third-order valence-corrected chi connectivity index (χ3v) is 6.21. The van der Waals surface area contributed by atoms with Crippen molar-refractivity contribution in [3.63, 3.8) is 0 Å². The number of halogens is 1. The first kappa shape index (κ1) is 22.1. The highest BCUT2D eigenvalue weighted by Crippen LogP contribution is 2.17. The van der Waals surface area contributed by atoms with Gasteiger partial charge < -0.3 is 15.4 Å². The summed E-state index contributed by atoms with van der Waals surface area (Å²) in [6.45, 7) is 1.51. The van der Waals surface area contributed by atoms with E-state index < -0.39 is 34.5 Å². The summed E-state index contributed by atoms with van der Waals surface area (Å²) in [5.41, 5.74) is 5.25. The van der Waals surface area contributed by atoms with E-state index >= 15 is 0 Å². The van der Waals surface area contributed by atoms with Crippen molar-refractivity contribution in [1.29, 1.82) is 0 Å². The second kappa shape index (κ2) is 9.35. The fourth-order valence-corrected chi connectivity index (χ4v) is 4.04. The molecule has 1 fully saturated rings. The standard InChI is InChI=1S/C17H22ClN3O6S/c1-11(20-28(25,26)14-4-2-13(18)3-5-14)17(24)27-10-15(22)21-8-6-12(7-9-21)16(19)23/h2-5,11-12,20H,6-10H2,1H3,(H2,19,23). The maximum absolute atomic E-state index is 12.3. The Morgan fingerprint density at radius 2 is 1.82 bits per heavy atom. The predicted molar refractivity (Wildman–Crippen MR) is 101 cm³/mol. The highest BCUT2D eigenvalue weighted by molar-refractivity contribution is 7.89. The van der Waals surface area contributed by atoms with Crippen LogP contribution in [-0.4, -0.2) is 56.8 Å². The predicted octanol–water partition coefficient (Wildman–Crippen LogP) is 0.274. The van der Waals surface area contributed by atoms with E-state index in [-0.39, 0.29) is 16.7 Å². The van der Waals surface area contributed by atoms with E-state index in [2.05, 4.69) is 4.72 Å². The van der Waals surface area contributed by atoms with Gasteiger partial charge in [0.2, 0.25) is 15.9 Å². The van der Waals surface area contributed by atoms with Crippen LogP contribution in [0, 0.1) is 5.92 Å². The van der Waals surface area contributed by atoms with Crippen LogP contribution >= 0.6 is 11.6 Å². The number of carbonyl (C=O) groups is 3. The van der Waals surface area contributed by atoms with Crippen LogP contribution in [0.3, 0.4) is 0 Å². The number of nitrogens with one attached hydrogen (secondary N) is 1. The monoisotopic (exact) mass is 431 g/mol. The normalized spacial score (nSPS) is 16.4. The number of hydrogen-bond donors (Lipinski definition) is 2. The Balaban J connectivity index is 1.83. The average molecular weight is 432 g/mol. The van der Waals surface area contributed by atoms with Gasteiger partial charge in [0.1, 0.15) is 6.04 Å². The number of carbonyl (C=O) groups excluding carboxylic acids is 3. The molecule has 0 radical (unpaired) electrons. The Hall–Kier alpha value is -2.17. The van der Waals surface area contributed by atoms with E-state index in [1.54, 1.807) is 0 Å². The van der Waals surface area contributed by atoms with Crippen molar-refractivity contribution in [2.75, 3.05) is 19.7 Å². The molecular formula is C17H22ClN3O6S. The summed E-state index contributed by atoms with van der Waals surface area (Å²) in [4.78, 5) is 36.7. The largest absolute Gasteiger partial charge is 0.454 e. The molecule has 1 aliphatic rings. The number of rotatable bonds is 7. The lowest BCUT2D eigenvalue weighted by molar-refractivity contribution is -0.153. The third-order valence-electron chi connectivity index (χ3n) is 4.40. The molecule has 0 aliphatic carbocycles. The van der Waals surface area contributed by atoms with Crippen molar-refractivity contribution in [3.05, 3.63) is 29.3 Å². The van der Waals surface area contributed by atoms with Gasteiger partial charge in [-0.3, -0.25) is 14.4 Å². The van der Waals surface area contributed by atoms with Gasteiger partial charge in [-0.2, -0.15) is 4.72 Å². The number of nitrogens with zero attached hydrogens (tertiary/aromatic N) is 1. The van der Waals surface area contributed by atoms with Crippen molar-refractivity contribution in [3.8, 4) is 0 Å². The van der Waals surface area contributed by atoms with Gasteiger partial charge in [0.25, 0.3) is 5.91 Å². The van der Waals surface area contributed by atoms with Crippen LogP contribution in [0.5, 0.6) is 0 Å². The van der Waals surface area contributed by atoms with Gasteiger partial charge >= 0.3 is 5.97 Å². The van der Waals surface area contributed by atoms with Crippen LogP contribution in [0.2, 0.25) is 5.02 Å². The summed E-state index contributed by atoms with van der Waals surface area (Å²) < 4.78 is 31.6. The number of piperidine rings is 1. The highest BCUT2D eigenvalue weighted by Gasteiger charge is 2.28. The molecule has 1 aromatic carbocycles. The number of primary amides is 1. The molecule has 0 saturated carbocycles. The number of likely N-dealkylation sites (tertiary alicyclic amines) is 1. The number of esters is 1. The molecule has 0 aromatic heterocycles. The second-order valence-corrected chi connectivity index (χ2v) is 8.61. The quantitative estimate of drug-likeness (QED) is 0.595. The zero-order valence-electron chi connectivity index (χ0n) is 15.3. The molecule has 1 heterocycles. The van der Waals surface area contributed by atoms with Crippen molar-refractivity contribution in [2.24, 2.45) is 11.7 Å². The van der Waals surface area contributed by atoms with Gasteiger partial charge in [0.05, 0.1) is 4.90 Å². The fraction of sp³-hybridized carbons (Fsp3) is 0.471. The number of benzene rings is 1. The van der Waals surface area contributed by atoms with Crippen LogP contribution in [0.4, 0.5) is 0 Å². The van der Waals surface area contributed by atoms with E-state index in [0.29, 0.717) is 31.0 Å². The molecule has 2 rings (SSSR count). The molecule has 154 valence electrons. The van der Waals surface area contributed by atoms with E-state index in [1.165, 1.54) is 36.1 Å². The van der Waals surface area contributed by atoms with E-state index in [0.717, 1.165) is 0 Å². The minimum atomic E-state index is -3.94. The Labute approximate surface area is 168 Å². The van der Waals surface area contributed by atoms with Crippen molar-refractivity contribution in [2.45, 2.75) is 30.7 Å². The maximum atomic E-state index is 12.3. The fourth-order valence-electron chi connectivity index (χ4n) is 2.73. The SMILES string of the molecule is CC(NS(=O)(=O)c1ccc(Cl)cc1)C(=O)OCC(=O)N1CCC(C(N)=O)CC1. The van der Waals surface area contributed by atoms with Gasteiger partial charge in [-0.1, -0.05) is 11.6 Å². The lowest BCUT2D eigenvalue weighted by Crippen LogP contribution is -2.44. The maximum Gasteiger partial charge on any atom is 0.324 e. The van der Waals surface area contributed by atoms with Crippen LogP contribution < -0.4 is 10.5 Å². The molecule has 9 nitrogen and oxygen atoms in total. The Bertz CT molecular complexity index is 835. The summed E-state index contributed by atoms with van der Waals surface area (Å²) >= 11 is 5.73. The Kier molecular flexibility index (Phi) is 7.39. The minimum absolute atomic E-state index is 0.0510. The van der Waals surface area contributed by atoms with E-state index in [9.17, 15) is 22.8 Å². The van der Waals surface area contributed by atoms with Gasteiger partial charge in [-0.25, -0.2) is 8.42 Å². The molecule has 11 heteroatoms. The van der Waals surface area contributed by atoms with Crippen LogP contribution in [0.1, 0.15) is 19.8 Å². The highest BCUT2D eigenvalue weighted by atomic mass is 35.5.